The van der Waals surface area contributed by atoms with Crippen molar-refractivity contribution in [2.45, 2.75) is 6.42 Å². The van der Waals surface area contributed by atoms with E-state index in [1.807, 2.05) is 6.20 Å². The van der Waals surface area contributed by atoms with Gasteiger partial charge in [-0.3, -0.25) is 14.9 Å². The Kier molecular flexibility index (Phi) is 3.91. The van der Waals surface area contributed by atoms with Gasteiger partial charge in [0, 0.05) is 41.2 Å². The van der Waals surface area contributed by atoms with Crippen molar-refractivity contribution in [1.29, 1.82) is 0 Å². The number of carbonyl (C=O) groups is 1. The van der Waals surface area contributed by atoms with E-state index >= 15 is 0 Å². The van der Waals surface area contributed by atoms with Gasteiger partial charge in [0.2, 0.25) is 5.91 Å². The highest BCUT2D eigenvalue weighted by Crippen LogP contribution is 2.28. The Balaban J connectivity index is 2.02. The van der Waals surface area contributed by atoms with Gasteiger partial charge in [0.05, 0.1) is 12.0 Å². The number of nitrogens with one attached hydrogen (secondary N) is 1. The lowest BCUT2D eigenvalue weighted by Gasteiger charge is -2.09. The van der Waals surface area contributed by atoms with Gasteiger partial charge in [0.15, 0.2) is 0 Å². The molecule has 122 valence electrons. The molecule has 1 amide bonds. The zero-order chi connectivity index (χ0) is 17.3. The molecule has 0 unspecified atom stereocenters. The van der Waals surface area contributed by atoms with E-state index in [-0.39, 0.29) is 5.69 Å². The van der Waals surface area contributed by atoms with E-state index in [0.29, 0.717) is 17.7 Å². The number of aromatic amines is 1. The largest absolute Gasteiger partial charge is 0.496 e. The molecule has 7 heteroatoms. The van der Waals surface area contributed by atoms with Crippen LogP contribution in [0.3, 0.4) is 0 Å². The minimum atomic E-state index is -0.525. The summed E-state index contributed by atoms with van der Waals surface area (Å²) in [6, 6.07) is 9.70. The summed E-state index contributed by atoms with van der Waals surface area (Å²) in [5.41, 5.74) is 8.27. The van der Waals surface area contributed by atoms with Crippen molar-refractivity contribution in [1.82, 2.24) is 4.98 Å². The predicted octanol–water partition coefficient (Wildman–Crippen LogP) is 2.77. The summed E-state index contributed by atoms with van der Waals surface area (Å²) in [4.78, 5) is 24.9. The monoisotopic (exact) mass is 325 g/mol. The predicted molar refractivity (Wildman–Crippen MR) is 89.3 cm³/mol. The van der Waals surface area contributed by atoms with Gasteiger partial charge in [-0.15, -0.1) is 0 Å². The Hall–Kier alpha value is -3.35. The number of nitrogens with two attached hydrogens (primary N) is 1. The van der Waals surface area contributed by atoms with Crippen LogP contribution in [0.2, 0.25) is 0 Å². The zero-order valence-corrected chi connectivity index (χ0v) is 12.9. The maximum Gasteiger partial charge on any atom is 0.270 e. The Morgan fingerprint density at radius 1 is 1.25 bits per heavy atom. The van der Waals surface area contributed by atoms with Crippen LogP contribution in [0.1, 0.15) is 21.5 Å². The molecule has 0 aliphatic carbocycles. The maximum absolute atomic E-state index is 11.3. The number of nitrogens with zero attached hydrogens (tertiary/aromatic N) is 1. The number of hydrogen-bond acceptors (Lipinski definition) is 4. The number of aromatic nitrogens is 1. The zero-order valence-electron chi connectivity index (χ0n) is 12.9. The molecule has 2 aromatic carbocycles. The fraction of sp³-hybridized carbons (Fsp3) is 0.118. The van der Waals surface area contributed by atoms with E-state index in [9.17, 15) is 14.9 Å². The Bertz CT molecular complexity index is 946. The molecule has 1 aromatic heterocycles. The molecule has 1 heterocycles. The number of benzene rings is 2. The first-order chi connectivity index (χ1) is 11.5. The van der Waals surface area contributed by atoms with Gasteiger partial charge >= 0.3 is 0 Å². The first kappa shape index (κ1) is 15.5. The molecular formula is C17H15N3O4. The van der Waals surface area contributed by atoms with E-state index in [4.69, 9.17) is 10.5 Å². The number of rotatable bonds is 5. The van der Waals surface area contributed by atoms with Gasteiger partial charge < -0.3 is 15.5 Å². The lowest BCUT2D eigenvalue weighted by atomic mass is 10.0. The topological polar surface area (TPSA) is 111 Å². The number of H-pyrrole nitrogens is 1. The number of fused-ring (bicyclic) bond motifs is 1. The normalized spacial score (nSPS) is 10.7. The molecule has 0 atom stereocenters. The first-order valence-corrected chi connectivity index (χ1v) is 7.20. The Morgan fingerprint density at radius 2 is 2.04 bits per heavy atom. The molecule has 7 nitrogen and oxygen atoms in total. The Morgan fingerprint density at radius 3 is 2.71 bits per heavy atom. The van der Waals surface area contributed by atoms with Gasteiger partial charge in [-0.1, -0.05) is 6.07 Å². The van der Waals surface area contributed by atoms with Crippen molar-refractivity contribution in [3.05, 3.63) is 69.4 Å². The summed E-state index contributed by atoms with van der Waals surface area (Å²) >= 11 is 0. The van der Waals surface area contributed by atoms with E-state index in [1.54, 1.807) is 30.3 Å². The number of methoxy groups -OCH3 is 1. The molecule has 0 radical (unpaired) electrons. The lowest BCUT2D eigenvalue weighted by molar-refractivity contribution is -0.384. The number of amides is 1. The molecule has 0 saturated heterocycles. The minimum Gasteiger partial charge on any atom is -0.496 e. The molecule has 3 rings (SSSR count). The van der Waals surface area contributed by atoms with Crippen LogP contribution < -0.4 is 10.5 Å². The van der Waals surface area contributed by atoms with Crippen LogP contribution >= 0.6 is 0 Å². The molecule has 3 aromatic rings. The molecule has 0 spiro atoms. The van der Waals surface area contributed by atoms with Crippen LogP contribution in [-0.2, 0) is 6.42 Å². The summed E-state index contributed by atoms with van der Waals surface area (Å²) < 4.78 is 5.33. The summed E-state index contributed by atoms with van der Waals surface area (Å²) in [5, 5.41) is 11.8. The fourth-order valence-corrected chi connectivity index (χ4v) is 2.68. The SMILES string of the molecule is COc1cc(C(N)=O)ccc1Cc1c[nH]c2ccc([N+](=O)[O-])cc12. The molecule has 0 saturated carbocycles. The summed E-state index contributed by atoms with van der Waals surface area (Å²) in [6.45, 7) is 0. The smallest absolute Gasteiger partial charge is 0.270 e. The van der Waals surface area contributed by atoms with Crippen LogP contribution in [-0.4, -0.2) is 22.9 Å². The van der Waals surface area contributed by atoms with E-state index in [1.165, 1.54) is 13.2 Å². The maximum atomic E-state index is 11.3. The average Bonchev–Trinajstić information content (AvgIpc) is 2.97. The number of non-ortho nitro benzene ring substituents is 1. The number of ether oxygens (including phenoxy) is 1. The average molecular weight is 325 g/mol. The minimum absolute atomic E-state index is 0.0411. The van der Waals surface area contributed by atoms with Gasteiger partial charge in [0.1, 0.15) is 5.75 Å². The second-order valence-corrected chi connectivity index (χ2v) is 5.37. The third kappa shape index (κ3) is 2.79. The van der Waals surface area contributed by atoms with Crippen LogP contribution in [0.15, 0.2) is 42.6 Å². The van der Waals surface area contributed by atoms with Crippen molar-refractivity contribution in [2.24, 2.45) is 5.73 Å². The van der Waals surface area contributed by atoms with Crippen molar-refractivity contribution in [2.75, 3.05) is 7.11 Å². The van der Waals surface area contributed by atoms with Crippen molar-refractivity contribution in [3.63, 3.8) is 0 Å². The number of nitro benzene ring substituents is 1. The molecule has 0 fully saturated rings. The summed E-state index contributed by atoms with van der Waals surface area (Å²) in [5.74, 6) is 0.0219. The lowest BCUT2D eigenvalue weighted by Crippen LogP contribution is -2.11. The highest BCUT2D eigenvalue weighted by atomic mass is 16.6. The first-order valence-electron chi connectivity index (χ1n) is 7.20. The van der Waals surface area contributed by atoms with E-state index in [0.717, 1.165) is 22.0 Å². The van der Waals surface area contributed by atoms with Crippen LogP contribution in [0.4, 0.5) is 5.69 Å². The highest BCUT2D eigenvalue weighted by molar-refractivity contribution is 5.93. The van der Waals surface area contributed by atoms with Gasteiger partial charge in [-0.2, -0.15) is 0 Å². The molecule has 0 aliphatic rings. The van der Waals surface area contributed by atoms with Gasteiger partial charge in [0.25, 0.3) is 5.69 Å². The number of hydrogen-bond donors (Lipinski definition) is 2. The third-order valence-electron chi connectivity index (χ3n) is 3.91. The quantitative estimate of drug-likeness (QED) is 0.555. The molecule has 24 heavy (non-hydrogen) atoms. The number of nitro groups is 1. The van der Waals surface area contributed by atoms with Crippen molar-refractivity contribution >= 4 is 22.5 Å². The molecule has 0 aliphatic heterocycles. The van der Waals surface area contributed by atoms with Crippen molar-refractivity contribution < 1.29 is 14.5 Å². The number of carbonyl (C=O) groups excluding carboxylic acids is 1. The van der Waals surface area contributed by atoms with Gasteiger partial charge in [-0.25, -0.2) is 0 Å². The van der Waals surface area contributed by atoms with Crippen LogP contribution in [0.5, 0.6) is 5.75 Å². The molecular weight excluding hydrogens is 310 g/mol. The number of primary amides is 1. The third-order valence-corrected chi connectivity index (χ3v) is 3.91. The summed E-state index contributed by atoms with van der Waals surface area (Å²) in [6.07, 6.45) is 2.32. The van der Waals surface area contributed by atoms with E-state index < -0.39 is 10.8 Å². The van der Waals surface area contributed by atoms with Gasteiger partial charge in [-0.05, 0) is 29.3 Å². The van der Waals surface area contributed by atoms with Crippen LogP contribution in [0.25, 0.3) is 10.9 Å². The standard InChI is InChI=1S/C17H15N3O4/c1-24-16-7-11(17(18)21)3-2-10(16)6-12-9-19-15-5-4-13(20(22)23)8-14(12)15/h2-5,7-9,19H,6H2,1H3,(H2,18,21). The molecule has 0 bridgehead atoms. The highest BCUT2D eigenvalue weighted by Gasteiger charge is 2.13. The van der Waals surface area contributed by atoms with E-state index in [2.05, 4.69) is 4.98 Å². The molecule has 3 N–H and O–H groups in total. The Labute approximate surface area is 137 Å². The van der Waals surface area contributed by atoms with Crippen molar-refractivity contribution in [3.8, 4) is 5.75 Å². The second-order valence-electron chi connectivity index (χ2n) is 5.37. The van der Waals surface area contributed by atoms with Crippen LogP contribution in [0, 0.1) is 10.1 Å². The fourth-order valence-electron chi connectivity index (χ4n) is 2.68. The second kappa shape index (κ2) is 6.04. The summed E-state index contributed by atoms with van der Waals surface area (Å²) in [7, 11) is 1.52.